The van der Waals surface area contributed by atoms with Crippen molar-refractivity contribution in [3.8, 4) is 0 Å². The van der Waals surface area contributed by atoms with Gasteiger partial charge in [0.25, 0.3) is 0 Å². The van der Waals surface area contributed by atoms with E-state index in [2.05, 4.69) is 45.1 Å². The van der Waals surface area contributed by atoms with Gasteiger partial charge in [-0.15, -0.1) is 0 Å². The van der Waals surface area contributed by atoms with Gasteiger partial charge < -0.3 is 14.2 Å². The molecule has 0 rings (SSSR count). The fraction of sp³-hybridized carbons (Fsp3) is 0.860. The maximum atomic E-state index is 12.7. The van der Waals surface area contributed by atoms with Gasteiger partial charge in [0.2, 0.25) is 0 Å². The summed E-state index contributed by atoms with van der Waals surface area (Å²) in [6.45, 7) is 6.60. The summed E-state index contributed by atoms with van der Waals surface area (Å²) >= 11 is 0. The van der Waals surface area contributed by atoms with Gasteiger partial charge in [-0.25, -0.2) is 0 Å². The Bertz CT molecular complexity index is 911. The van der Waals surface area contributed by atoms with Gasteiger partial charge in [0.1, 0.15) is 13.2 Å². The molecule has 0 aliphatic rings. The standard InChI is InChI=1S/C50H92O6/c1-4-7-10-13-16-19-22-24-25-26-29-31-34-37-40-43-49(52)55-46-47(56-50(53)44-41-38-35-32-27-21-18-15-12-9-6-3)45-54-48(51)42-39-36-33-30-28-23-20-17-14-11-8-5-2/h16,19,24-25,47H,4-15,17-18,20-23,26-46H2,1-3H3/b19-16-,25-24-/t47-/m0/s1. The first-order valence-electron chi connectivity index (χ1n) is 24.3. The second-order valence-electron chi connectivity index (χ2n) is 16.4. The van der Waals surface area contributed by atoms with Gasteiger partial charge in [0, 0.05) is 19.3 Å². The predicted octanol–water partition coefficient (Wildman–Crippen LogP) is 15.6. The maximum absolute atomic E-state index is 12.7. The van der Waals surface area contributed by atoms with E-state index in [1.807, 2.05) is 0 Å². The smallest absolute Gasteiger partial charge is 0.306 e. The minimum Gasteiger partial charge on any atom is -0.462 e. The molecule has 0 aromatic carbocycles. The molecule has 0 spiro atoms. The van der Waals surface area contributed by atoms with Crippen LogP contribution in [0.2, 0.25) is 0 Å². The second-order valence-corrected chi connectivity index (χ2v) is 16.4. The van der Waals surface area contributed by atoms with Gasteiger partial charge in [-0.2, -0.15) is 0 Å². The number of hydrogen-bond acceptors (Lipinski definition) is 6. The Labute approximate surface area is 347 Å². The number of hydrogen-bond donors (Lipinski definition) is 0. The van der Waals surface area contributed by atoms with Crippen molar-refractivity contribution in [2.75, 3.05) is 13.2 Å². The molecule has 0 bridgehead atoms. The first-order chi connectivity index (χ1) is 27.5. The molecule has 0 N–H and O–H groups in total. The second kappa shape index (κ2) is 45.6. The summed E-state index contributed by atoms with van der Waals surface area (Å²) in [6, 6.07) is 0. The van der Waals surface area contributed by atoms with Crippen LogP contribution in [0.3, 0.4) is 0 Å². The molecule has 0 aromatic rings. The van der Waals surface area contributed by atoms with E-state index in [4.69, 9.17) is 14.2 Å². The minimum absolute atomic E-state index is 0.0714. The van der Waals surface area contributed by atoms with Crippen molar-refractivity contribution in [2.24, 2.45) is 0 Å². The topological polar surface area (TPSA) is 78.9 Å². The van der Waals surface area contributed by atoms with Gasteiger partial charge in [-0.1, -0.05) is 212 Å². The van der Waals surface area contributed by atoms with E-state index >= 15 is 0 Å². The number of rotatable bonds is 44. The highest BCUT2D eigenvalue weighted by Crippen LogP contribution is 2.15. The highest BCUT2D eigenvalue weighted by atomic mass is 16.6. The van der Waals surface area contributed by atoms with Crippen LogP contribution in [0.1, 0.15) is 258 Å². The van der Waals surface area contributed by atoms with Gasteiger partial charge >= 0.3 is 17.9 Å². The number of allylic oxidation sites excluding steroid dienone is 4. The van der Waals surface area contributed by atoms with E-state index in [1.54, 1.807) is 0 Å². The van der Waals surface area contributed by atoms with Crippen molar-refractivity contribution < 1.29 is 28.6 Å². The lowest BCUT2D eigenvalue weighted by Crippen LogP contribution is -2.30. The van der Waals surface area contributed by atoms with Crippen LogP contribution in [0.4, 0.5) is 0 Å². The molecule has 1 atom stereocenters. The van der Waals surface area contributed by atoms with Crippen molar-refractivity contribution in [2.45, 2.75) is 264 Å². The Morgan fingerprint density at radius 1 is 0.357 bits per heavy atom. The summed E-state index contributed by atoms with van der Waals surface area (Å²) in [6.07, 6.45) is 50.1. The summed E-state index contributed by atoms with van der Waals surface area (Å²) in [5, 5.41) is 0. The molecule has 0 saturated heterocycles. The number of ether oxygens (including phenoxy) is 3. The molecular formula is C50H92O6. The van der Waals surface area contributed by atoms with Crippen LogP contribution >= 0.6 is 0 Å². The molecule has 0 radical (unpaired) electrons. The van der Waals surface area contributed by atoms with Crippen molar-refractivity contribution in [3.05, 3.63) is 24.3 Å². The minimum atomic E-state index is -0.769. The Morgan fingerprint density at radius 2 is 0.643 bits per heavy atom. The molecule has 328 valence electrons. The Kier molecular flexibility index (Phi) is 43.9. The molecule has 56 heavy (non-hydrogen) atoms. The van der Waals surface area contributed by atoms with Crippen molar-refractivity contribution in [1.82, 2.24) is 0 Å². The molecule has 0 aliphatic heterocycles. The van der Waals surface area contributed by atoms with E-state index < -0.39 is 6.10 Å². The van der Waals surface area contributed by atoms with Crippen LogP contribution in [0.25, 0.3) is 0 Å². The van der Waals surface area contributed by atoms with Crippen molar-refractivity contribution in [3.63, 3.8) is 0 Å². The normalized spacial score (nSPS) is 12.1. The first kappa shape index (κ1) is 53.9. The van der Waals surface area contributed by atoms with E-state index in [1.165, 1.54) is 141 Å². The Hall–Kier alpha value is -2.11. The summed E-state index contributed by atoms with van der Waals surface area (Å²) in [5.74, 6) is -0.877. The molecule has 6 nitrogen and oxygen atoms in total. The SMILES string of the molecule is CCCCC/C=C\C/C=C\CCCCCCCC(=O)OC[C@H](COC(=O)CCCCCCCCCCCCCC)OC(=O)CCCCCCCCCCCCC. The third-order valence-corrected chi connectivity index (χ3v) is 10.7. The van der Waals surface area contributed by atoms with E-state index in [-0.39, 0.29) is 31.1 Å². The molecular weight excluding hydrogens is 697 g/mol. The highest BCUT2D eigenvalue weighted by molar-refractivity contribution is 5.71. The third-order valence-electron chi connectivity index (χ3n) is 10.7. The molecule has 0 heterocycles. The predicted molar refractivity (Wildman–Crippen MR) is 238 cm³/mol. The zero-order valence-electron chi connectivity index (χ0n) is 37.4. The van der Waals surface area contributed by atoms with Crippen LogP contribution in [-0.2, 0) is 28.6 Å². The van der Waals surface area contributed by atoms with E-state index in [9.17, 15) is 14.4 Å². The zero-order chi connectivity index (χ0) is 40.8. The monoisotopic (exact) mass is 789 g/mol. The number of esters is 3. The van der Waals surface area contributed by atoms with Crippen LogP contribution < -0.4 is 0 Å². The fourth-order valence-corrected chi connectivity index (χ4v) is 7.00. The lowest BCUT2D eigenvalue weighted by Gasteiger charge is -2.18. The van der Waals surface area contributed by atoms with Gasteiger partial charge in [-0.05, 0) is 51.4 Å². The summed E-state index contributed by atoms with van der Waals surface area (Å²) in [4.78, 5) is 37.8. The number of carbonyl (C=O) groups excluding carboxylic acids is 3. The number of carbonyl (C=O) groups is 3. The van der Waals surface area contributed by atoms with E-state index in [0.29, 0.717) is 19.3 Å². The molecule has 6 heteroatoms. The summed E-state index contributed by atoms with van der Waals surface area (Å²) in [5.41, 5.74) is 0. The third kappa shape index (κ3) is 43.0. The Morgan fingerprint density at radius 3 is 1.02 bits per heavy atom. The lowest BCUT2D eigenvalue weighted by molar-refractivity contribution is -0.167. The lowest BCUT2D eigenvalue weighted by atomic mass is 10.0. The van der Waals surface area contributed by atoms with Gasteiger partial charge in [0.05, 0.1) is 0 Å². The molecule has 0 fully saturated rings. The quantitative estimate of drug-likeness (QED) is 0.0265. The molecule has 0 unspecified atom stereocenters. The van der Waals surface area contributed by atoms with Crippen LogP contribution in [0.5, 0.6) is 0 Å². The highest BCUT2D eigenvalue weighted by Gasteiger charge is 2.19. The molecule has 0 aliphatic carbocycles. The zero-order valence-corrected chi connectivity index (χ0v) is 37.4. The summed E-state index contributed by atoms with van der Waals surface area (Å²) in [7, 11) is 0. The molecule has 0 saturated carbocycles. The average Bonchev–Trinajstić information content (AvgIpc) is 3.19. The number of unbranched alkanes of at least 4 members (excludes halogenated alkanes) is 29. The van der Waals surface area contributed by atoms with Crippen molar-refractivity contribution >= 4 is 17.9 Å². The largest absolute Gasteiger partial charge is 0.462 e. The molecule has 0 amide bonds. The van der Waals surface area contributed by atoms with E-state index in [0.717, 1.165) is 77.0 Å². The summed E-state index contributed by atoms with van der Waals surface area (Å²) < 4.78 is 16.7. The maximum Gasteiger partial charge on any atom is 0.306 e. The average molecular weight is 789 g/mol. The van der Waals surface area contributed by atoms with Gasteiger partial charge in [0.15, 0.2) is 6.10 Å². The first-order valence-corrected chi connectivity index (χ1v) is 24.3. The van der Waals surface area contributed by atoms with Crippen LogP contribution in [-0.4, -0.2) is 37.2 Å². The van der Waals surface area contributed by atoms with Gasteiger partial charge in [-0.3, -0.25) is 14.4 Å². The van der Waals surface area contributed by atoms with Crippen LogP contribution in [0, 0.1) is 0 Å². The van der Waals surface area contributed by atoms with Crippen molar-refractivity contribution in [1.29, 1.82) is 0 Å². The van der Waals surface area contributed by atoms with Crippen LogP contribution in [0.15, 0.2) is 24.3 Å². The fourth-order valence-electron chi connectivity index (χ4n) is 7.00. The molecule has 0 aromatic heterocycles. The Balaban J connectivity index is 4.35.